The average molecular weight is 330 g/mol. The van der Waals surface area contributed by atoms with Crippen molar-refractivity contribution < 1.29 is 8.42 Å². The second kappa shape index (κ2) is 7.31. The summed E-state index contributed by atoms with van der Waals surface area (Å²) in [5.74, 6) is 1.76. The van der Waals surface area contributed by atoms with E-state index in [0.717, 1.165) is 31.6 Å². The molecule has 21 heavy (non-hydrogen) atoms. The third kappa shape index (κ3) is 4.47. The predicted octanol–water partition coefficient (Wildman–Crippen LogP) is 2.01. The predicted molar refractivity (Wildman–Crippen MR) is 87.9 cm³/mol. The summed E-state index contributed by atoms with van der Waals surface area (Å²) in [4.78, 5) is 8.75. The molecule has 1 aliphatic heterocycles. The van der Waals surface area contributed by atoms with E-state index in [9.17, 15) is 8.42 Å². The van der Waals surface area contributed by atoms with Crippen LogP contribution < -0.4 is 10.6 Å². The van der Waals surface area contributed by atoms with Gasteiger partial charge in [0.15, 0.2) is 15.0 Å². The second-order valence-electron chi connectivity index (χ2n) is 5.06. The van der Waals surface area contributed by atoms with Crippen molar-refractivity contribution in [2.24, 2.45) is 0 Å². The summed E-state index contributed by atoms with van der Waals surface area (Å²) in [6.45, 7) is 3.36. The molecule has 1 aromatic heterocycles. The van der Waals surface area contributed by atoms with Gasteiger partial charge in [-0.3, -0.25) is 0 Å². The third-order valence-corrected chi connectivity index (χ3v) is 6.24. The standard InChI is InChI=1S/C13H22N4O2S2/c1-3-6-14-11-8-12(17-13(16-11)20-2)15-9-10-5-4-7-21(10,18)19/h8,10H,3-7,9H2,1-2H3,(H2,14,15,16,17). The van der Waals surface area contributed by atoms with Crippen molar-refractivity contribution in [1.29, 1.82) is 0 Å². The van der Waals surface area contributed by atoms with Crippen LogP contribution in [0.5, 0.6) is 0 Å². The van der Waals surface area contributed by atoms with Crippen LogP contribution in [0.4, 0.5) is 11.6 Å². The molecule has 1 saturated heterocycles. The van der Waals surface area contributed by atoms with Gasteiger partial charge in [-0.25, -0.2) is 18.4 Å². The highest BCUT2D eigenvalue weighted by Crippen LogP contribution is 2.22. The van der Waals surface area contributed by atoms with Crippen LogP contribution in [0.15, 0.2) is 11.2 Å². The number of rotatable bonds is 7. The van der Waals surface area contributed by atoms with Crippen LogP contribution in [-0.2, 0) is 9.84 Å². The summed E-state index contributed by atoms with van der Waals surface area (Å²) in [6.07, 6.45) is 4.43. The van der Waals surface area contributed by atoms with Gasteiger partial charge in [-0.1, -0.05) is 18.7 Å². The van der Waals surface area contributed by atoms with E-state index in [1.165, 1.54) is 11.8 Å². The van der Waals surface area contributed by atoms with Crippen molar-refractivity contribution in [3.63, 3.8) is 0 Å². The Morgan fingerprint density at radius 2 is 2.05 bits per heavy atom. The minimum atomic E-state index is -2.92. The van der Waals surface area contributed by atoms with Gasteiger partial charge in [0.05, 0.1) is 11.0 Å². The fourth-order valence-corrected chi connectivity index (χ4v) is 4.40. The minimum absolute atomic E-state index is 0.294. The van der Waals surface area contributed by atoms with Crippen molar-refractivity contribution >= 4 is 33.2 Å². The summed E-state index contributed by atoms with van der Waals surface area (Å²) in [5.41, 5.74) is 0. The molecule has 1 fully saturated rings. The Bertz CT molecular complexity index is 578. The SMILES string of the molecule is CCCNc1cc(NCC2CCCS2(=O)=O)nc(SC)n1. The molecule has 1 aliphatic rings. The zero-order chi connectivity index (χ0) is 15.3. The monoisotopic (exact) mass is 330 g/mol. The molecule has 8 heteroatoms. The molecule has 0 bridgehead atoms. The normalized spacial score (nSPS) is 20.4. The van der Waals surface area contributed by atoms with Gasteiger partial charge in [-0.05, 0) is 25.5 Å². The van der Waals surface area contributed by atoms with Crippen molar-refractivity contribution in [2.75, 3.05) is 35.7 Å². The summed E-state index contributed by atoms with van der Waals surface area (Å²) >= 11 is 1.47. The van der Waals surface area contributed by atoms with Gasteiger partial charge in [0.2, 0.25) is 0 Å². The number of anilines is 2. The molecule has 2 rings (SSSR count). The van der Waals surface area contributed by atoms with Crippen LogP contribution in [0, 0.1) is 0 Å². The number of sulfone groups is 1. The molecule has 2 heterocycles. The molecule has 118 valence electrons. The maximum atomic E-state index is 11.8. The lowest BCUT2D eigenvalue weighted by Crippen LogP contribution is -2.25. The maximum absolute atomic E-state index is 11.8. The third-order valence-electron chi connectivity index (χ3n) is 3.42. The molecule has 0 saturated carbocycles. The lowest BCUT2D eigenvalue weighted by atomic mass is 10.2. The Kier molecular flexibility index (Phi) is 5.69. The first-order valence-corrected chi connectivity index (χ1v) is 10.1. The van der Waals surface area contributed by atoms with Crippen molar-refractivity contribution in [3.05, 3.63) is 6.07 Å². The molecule has 2 N–H and O–H groups in total. The molecule has 0 aliphatic carbocycles. The lowest BCUT2D eigenvalue weighted by Gasteiger charge is -2.13. The lowest BCUT2D eigenvalue weighted by molar-refractivity contribution is 0.591. The number of aromatic nitrogens is 2. The molecule has 0 spiro atoms. The first kappa shape index (κ1) is 16.4. The van der Waals surface area contributed by atoms with Crippen LogP contribution in [0.3, 0.4) is 0 Å². The molecule has 1 atom stereocenters. The number of nitrogens with one attached hydrogen (secondary N) is 2. The van der Waals surface area contributed by atoms with Gasteiger partial charge < -0.3 is 10.6 Å². The smallest absolute Gasteiger partial charge is 0.191 e. The highest BCUT2D eigenvalue weighted by molar-refractivity contribution is 7.98. The van der Waals surface area contributed by atoms with Gasteiger partial charge >= 0.3 is 0 Å². The van der Waals surface area contributed by atoms with E-state index < -0.39 is 9.84 Å². The molecular weight excluding hydrogens is 308 g/mol. The molecule has 6 nitrogen and oxygen atoms in total. The zero-order valence-electron chi connectivity index (χ0n) is 12.4. The molecule has 1 unspecified atom stereocenters. The number of thioether (sulfide) groups is 1. The first-order chi connectivity index (χ1) is 10.0. The average Bonchev–Trinajstić information content (AvgIpc) is 2.81. The van der Waals surface area contributed by atoms with E-state index in [2.05, 4.69) is 27.5 Å². The topological polar surface area (TPSA) is 84.0 Å². The van der Waals surface area contributed by atoms with E-state index >= 15 is 0 Å². The first-order valence-electron chi connectivity index (χ1n) is 7.17. The minimum Gasteiger partial charge on any atom is -0.370 e. The second-order valence-corrected chi connectivity index (χ2v) is 8.24. The van der Waals surface area contributed by atoms with Gasteiger partial charge in [0, 0.05) is 19.2 Å². The van der Waals surface area contributed by atoms with Crippen LogP contribution in [0.2, 0.25) is 0 Å². The fourth-order valence-electron chi connectivity index (χ4n) is 2.26. The molecular formula is C13H22N4O2S2. The summed E-state index contributed by atoms with van der Waals surface area (Å²) in [6, 6.07) is 1.83. The fraction of sp³-hybridized carbons (Fsp3) is 0.692. The Balaban J connectivity index is 2.04. The van der Waals surface area contributed by atoms with Gasteiger partial charge in [-0.15, -0.1) is 0 Å². The Hall–Kier alpha value is -1.02. The van der Waals surface area contributed by atoms with E-state index in [1.807, 2.05) is 12.3 Å². The largest absolute Gasteiger partial charge is 0.370 e. The van der Waals surface area contributed by atoms with Crippen LogP contribution >= 0.6 is 11.8 Å². The van der Waals surface area contributed by atoms with E-state index in [4.69, 9.17) is 0 Å². The van der Waals surface area contributed by atoms with Crippen molar-refractivity contribution in [2.45, 2.75) is 36.6 Å². The van der Waals surface area contributed by atoms with Crippen LogP contribution in [0.25, 0.3) is 0 Å². The Morgan fingerprint density at radius 3 is 2.62 bits per heavy atom. The highest BCUT2D eigenvalue weighted by Gasteiger charge is 2.30. The quantitative estimate of drug-likeness (QED) is 0.584. The molecule has 0 amide bonds. The zero-order valence-corrected chi connectivity index (χ0v) is 14.1. The summed E-state index contributed by atoms with van der Waals surface area (Å²) in [5, 5.41) is 6.76. The number of nitrogens with zero attached hydrogens (tertiary/aromatic N) is 2. The Labute approximate surface area is 130 Å². The van der Waals surface area contributed by atoms with E-state index in [0.29, 0.717) is 23.3 Å². The van der Waals surface area contributed by atoms with Gasteiger partial charge in [0.1, 0.15) is 11.6 Å². The Morgan fingerprint density at radius 1 is 1.33 bits per heavy atom. The molecule has 0 radical (unpaired) electrons. The van der Waals surface area contributed by atoms with Crippen molar-refractivity contribution in [1.82, 2.24) is 9.97 Å². The van der Waals surface area contributed by atoms with Crippen molar-refractivity contribution in [3.8, 4) is 0 Å². The van der Waals surface area contributed by atoms with Gasteiger partial charge in [-0.2, -0.15) is 0 Å². The van der Waals surface area contributed by atoms with Gasteiger partial charge in [0.25, 0.3) is 0 Å². The summed E-state index contributed by atoms with van der Waals surface area (Å²) in [7, 11) is -2.92. The number of hydrogen-bond donors (Lipinski definition) is 2. The summed E-state index contributed by atoms with van der Waals surface area (Å²) < 4.78 is 23.7. The van der Waals surface area contributed by atoms with Crippen LogP contribution in [-0.4, -0.2) is 48.7 Å². The maximum Gasteiger partial charge on any atom is 0.191 e. The highest BCUT2D eigenvalue weighted by atomic mass is 32.2. The van der Waals surface area contributed by atoms with Crippen LogP contribution in [0.1, 0.15) is 26.2 Å². The molecule has 1 aromatic rings. The number of hydrogen-bond acceptors (Lipinski definition) is 7. The molecule has 0 aromatic carbocycles. The van der Waals surface area contributed by atoms with E-state index in [1.54, 1.807) is 0 Å². The van der Waals surface area contributed by atoms with E-state index in [-0.39, 0.29) is 5.25 Å².